The van der Waals surface area contributed by atoms with Crippen LogP contribution in [0.1, 0.15) is 31.7 Å². The fourth-order valence-electron chi connectivity index (χ4n) is 5.66. The molecule has 0 aliphatic carbocycles. The minimum Gasteiger partial charge on any atom is -0.369 e. The number of likely N-dealkylation sites (N-methyl/N-ethyl adjacent to an activating group) is 1. The lowest BCUT2D eigenvalue weighted by atomic mass is 9.74. The highest BCUT2D eigenvalue weighted by Gasteiger charge is 2.40. The van der Waals surface area contributed by atoms with Crippen molar-refractivity contribution in [2.24, 2.45) is 5.92 Å². The zero-order valence-corrected chi connectivity index (χ0v) is 19.9. The van der Waals surface area contributed by atoms with Crippen LogP contribution < -0.4 is 4.90 Å². The maximum absolute atomic E-state index is 13.5. The molecule has 2 fully saturated rings. The SMILES string of the molecule is C[C@@H]1CCN(C(=O)N2CCC(C#N)(c3ccccc3)CC2)C[C@@H]1N(C)c1ccnc2[nH]ccc12. The lowest BCUT2D eigenvalue weighted by molar-refractivity contribution is 0.111. The number of benzene rings is 1. The number of piperidine rings is 2. The maximum atomic E-state index is 13.5. The van der Waals surface area contributed by atoms with Gasteiger partial charge in [-0.3, -0.25) is 0 Å². The minimum absolute atomic E-state index is 0.103. The van der Waals surface area contributed by atoms with Gasteiger partial charge in [-0.05, 0) is 42.9 Å². The van der Waals surface area contributed by atoms with E-state index in [9.17, 15) is 10.1 Å². The number of amides is 2. The standard InChI is InChI=1S/C27H32N6O/c1-20-10-15-33(18-24(20)31(2)23-9-14-30-25-22(23)8-13-29-25)26(34)32-16-11-27(19-28,12-17-32)21-6-4-3-5-7-21/h3-9,13-14,20,24H,10-12,15-18H2,1-2H3,(H,29,30)/t20-,24+/m1/s1. The van der Waals surface area contributed by atoms with Crippen LogP contribution >= 0.6 is 0 Å². The van der Waals surface area contributed by atoms with Gasteiger partial charge < -0.3 is 19.7 Å². The number of aromatic nitrogens is 2. The number of nitrogens with one attached hydrogen (secondary N) is 1. The Labute approximate surface area is 201 Å². The van der Waals surface area contributed by atoms with E-state index in [1.54, 1.807) is 0 Å². The molecule has 0 saturated carbocycles. The van der Waals surface area contributed by atoms with Gasteiger partial charge in [0.25, 0.3) is 0 Å². The summed E-state index contributed by atoms with van der Waals surface area (Å²) >= 11 is 0. The number of H-pyrrole nitrogens is 1. The average Bonchev–Trinajstić information content (AvgIpc) is 3.38. The normalized spacial score (nSPS) is 22.4. The second kappa shape index (κ2) is 9.02. The zero-order valence-electron chi connectivity index (χ0n) is 19.9. The summed E-state index contributed by atoms with van der Waals surface area (Å²) < 4.78 is 0. The second-order valence-corrected chi connectivity index (χ2v) is 9.79. The number of carbonyl (C=O) groups is 1. The number of urea groups is 1. The first-order chi connectivity index (χ1) is 16.5. The third-order valence-electron chi connectivity index (χ3n) is 7.93. The fraction of sp³-hybridized carbons (Fsp3) is 0.444. The van der Waals surface area contributed by atoms with E-state index in [2.05, 4.69) is 47.0 Å². The number of hydrogen-bond acceptors (Lipinski definition) is 4. The van der Waals surface area contributed by atoms with Crippen molar-refractivity contribution in [2.75, 3.05) is 38.1 Å². The van der Waals surface area contributed by atoms with Gasteiger partial charge in [0, 0.05) is 62.7 Å². The monoisotopic (exact) mass is 456 g/mol. The molecule has 34 heavy (non-hydrogen) atoms. The zero-order chi connectivity index (χ0) is 23.7. The molecule has 3 aromatic rings. The van der Waals surface area contributed by atoms with E-state index in [0.29, 0.717) is 38.4 Å². The summed E-state index contributed by atoms with van der Waals surface area (Å²) in [4.78, 5) is 27.4. The Morgan fingerprint density at radius 1 is 1.15 bits per heavy atom. The number of hydrogen-bond donors (Lipinski definition) is 1. The first kappa shape index (κ1) is 22.3. The van der Waals surface area contributed by atoms with E-state index in [1.165, 1.54) is 0 Å². The summed E-state index contributed by atoms with van der Waals surface area (Å²) in [6.45, 7) is 4.98. The van der Waals surface area contributed by atoms with E-state index in [0.717, 1.165) is 35.2 Å². The van der Waals surface area contributed by atoms with Gasteiger partial charge in [0.1, 0.15) is 5.65 Å². The van der Waals surface area contributed by atoms with E-state index in [-0.39, 0.29) is 12.1 Å². The van der Waals surface area contributed by atoms with Crippen LogP contribution in [-0.4, -0.2) is 65.1 Å². The minimum atomic E-state index is -0.500. The van der Waals surface area contributed by atoms with Gasteiger partial charge in [0.05, 0.1) is 11.5 Å². The van der Waals surface area contributed by atoms with Crippen molar-refractivity contribution in [1.29, 1.82) is 5.26 Å². The Balaban J connectivity index is 1.28. The van der Waals surface area contributed by atoms with Crippen LogP contribution in [0.25, 0.3) is 11.0 Å². The van der Waals surface area contributed by atoms with Gasteiger partial charge in [-0.1, -0.05) is 37.3 Å². The van der Waals surface area contributed by atoms with Crippen LogP contribution in [-0.2, 0) is 5.41 Å². The predicted molar refractivity (Wildman–Crippen MR) is 134 cm³/mol. The number of rotatable bonds is 3. The summed E-state index contributed by atoms with van der Waals surface area (Å²) in [5, 5.41) is 11.1. The number of pyridine rings is 1. The number of carbonyl (C=O) groups excluding carboxylic acids is 1. The van der Waals surface area contributed by atoms with Crippen LogP contribution in [0.15, 0.2) is 54.9 Å². The highest BCUT2D eigenvalue weighted by molar-refractivity contribution is 5.89. The van der Waals surface area contributed by atoms with E-state index in [4.69, 9.17) is 0 Å². The van der Waals surface area contributed by atoms with Gasteiger partial charge in [-0.15, -0.1) is 0 Å². The number of anilines is 1. The van der Waals surface area contributed by atoms with Crippen molar-refractivity contribution in [3.63, 3.8) is 0 Å². The summed E-state index contributed by atoms with van der Waals surface area (Å²) in [5.74, 6) is 0.474. The fourth-order valence-corrected chi connectivity index (χ4v) is 5.66. The molecular formula is C27H32N6O. The topological polar surface area (TPSA) is 79.3 Å². The maximum Gasteiger partial charge on any atom is 0.320 e. The van der Waals surface area contributed by atoms with Gasteiger partial charge in [-0.2, -0.15) is 5.26 Å². The lowest BCUT2D eigenvalue weighted by Gasteiger charge is -2.45. The van der Waals surface area contributed by atoms with Gasteiger partial charge in [0.2, 0.25) is 0 Å². The Bertz CT molecular complexity index is 1190. The summed E-state index contributed by atoms with van der Waals surface area (Å²) in [5.41, 5.74) is 2.58. The molecule has 2 aliphatic rings. The van der Waals surface area contributed by atoms with Crippen LogP contribution in [0.4, 0.5) is 10.5 Å². The number of nitriles is 1. The van der Waals surface area contributed by atoms with Crippen LogP contribution in [0, 0.1) is 17.2 Å². The smallest absolute Gasteiger partial charge is 0.320 e. The Morgan fingerprint density at radius 2 is 1.91 bits per heavy atom. The molecule has 2 amide bonds. The number of aromatic amines is 1. The van der Waals surface area contributed by atoms with Crippen molar-refractivity contribution in [1.82, 2.24) is 19.8 Å². The largest absolute Gasteiger partial charge is 0.369 e. The summed E-state index contributed by atoms with van der Waals surface area (Å²) in [6, 6.07) is 17.0. The van der Waals surface area contributed by atoms with Crippen LogP contribution in [0.2, 0.25) is 0 Å². The molecule has 7 heteroatoms. The van der Waals surface area contributed by atoms with Crippen LogP contribution in [0.5, 0.6) is 0 Å². The molecule has 2 aromatic heterocycles. The molecular weight excluding hydrogens is 424 g/mol. The number of nitrogens with zero attached hydrogens (tertiary/aromatic N) is 5. The van der Waals surface area contributed by atoms with Crippen molar-refractivity contribution in [3.8, 4) is 6.07 Å². The second-order valence-electron chi connectivity index (χ2n) is 9.79. The third-order valence-corrected chi connectivity index (χ3v) is 7.93. The third kappa shape index (κ3) is 3.87. The molecule has 2 atom stereocenters. The average molecular weight is 457 g/mol. The molecule has 4 heterocycles. The van der Waals surface area contributed by atoms with Crippen molar-refractivity contribution in [2.45, 2.75) is 37.6 Å². The highest BCUT2D eigenvalue weighted by Crippen LogP contribution is 2.36. The van der Waals surface area contributed by atoms with E-state index in [1.807, 2.05) is 52.5 Å². The van der Waals surface area contributed by atoms with Crippen molar-refractivity contribution < 1.29 is 4.79 Å². The molecule has 2 aliphatic heterocycles. The molecule has 1 N–H and O–H groups in total. The molecule has 5 rings (SSSR count). The van der Waals surface area contributed by atoms with E-state index >= 15 is 0 Å². The van der Waals surface area contributed by atoms with Gasteiger partial charge in [0.15, 0.2) is 0 Å². The summed E-state index contributed by atoms with van der Waals surface area (Å²) in [7, 11) is 2.12. The molecule has 176 valence electrons. The molecule has 0 radical (unpaired) electrons. The Kier molecular flexibility index (Phi) is 5.91. The molecule has 7 nitrogen and oxygen atoms in total. The molecule has 0 spiro atoms. The number of likely N-dealkylation sites (tertiary alicyclic amines) is 2. The predicted octanol–water partition coefficient (Wildman–Crippen LogP) is 4.39. The van der Waals surface area contributed by atoms with Crippen LogP contribution in [0.3, 0.4) is 0 Å². The Hall–Kier alpha value is -3.53. The first-order valence-electron chi connectivity index (χ1n) is 12.2. The highest BCUT2D eigenvalue weighted by atomic mass is 16.2. The van der Waals surface area contributed by atoms with Gasteiger partial charge >= 0.3 is 6.03 Å². The molecule has 0 bridgehead atoms. The van der Waals surface area contributed by atoms with E-state index < -0.39 is 5.41 Å². The quantitative estimate of drug-likeness (QED) is 0.634. The Morgan fingerprint density at radius 3 is 2.65 bits per heavy atom. The first-order valence-corrected chi connectivity index (χ1v) is 12.2. The molecule has 2 saturated heterocycles. The lowest BCUT2D eigenvalue weighted by Crippen LogP contribution is -2.57. The molecule has 1 aromatic carbocycles. The molecule has 0 unspecified atom stereocenters. The summed E-state index contributed by atoms with van der Waals surface area (Å²) in [6.07, 6.45) is 6.08. The van der Waals surface area contributed by atoms with Gasteiger partial charge in [-0.25, -0.2) is 9.78 Å². The van der Waals surface area contributed by atoms with Crippen molar-refractivity contribution in [3.05, 3.63) is 60.4 Å². The number of fused-ring (bicyclic) bond motifs is 1. The van der Waals surface area contributed by atoms with Crippen molar-refractivity contribution >= 4 is 22.8 Å².